The maximum atomic E-state index is 11.5. The molecule has 0 bridgehead atoms. The molecule has 2 aliphatic rings. The Balaban J connectivity index is 1.46. The highest BCUT2D eigenvalue weighted by atomic mass is 16.5. The number of carbonyl (C=O) groups is 1. The smallest absolute Gasteiger partial charge is 0.305 e. The van der Waals surface area contributed by atoms with E-state index >= 15 is 0 Å². The van der Waals surface area contributed by atoms with Crippen LogP contribution in [0, 0.1) is 5.92 Å². The lowest BCUT2D eigenvalue weighted by molar-refractivity contribution is -0.143. The van der Waals surface area contributed by atoms with E-state index in [4.69, 9.17) is 9.47 Å². The molecule has 1 aliphatic heterocycles. The summed E-state index contributed by atoms with van der Waals surface area (Å²) < 4.78 is 11.2. The fraction of sp³-hybridized carbons (Fsp3) is 0.654. The van der Waals surface area contributed by atoms with Crippen molar-refractivity contribution >= 4 is 11.5 Å². The monoisotopic (exact) mass is 413 g/mol. The van der Waals surface area contributed by atoms with Crippen LogP contribution in [0.25, 0.3) is 5.57 Å². The van der Waals surface area contributed by atoms with Crippen LogP contribution in [0.4, 0.5) is 0 Å². The zero-order valence-electron chi connectivity index (χ0n) is 18.8. The first kappa shape index (κ1) is 22.9. The van der Waals surface area contributed by atoms with Crippen molar-refractivity contribution < 1.29 is 14.3 Å². The molecule has 1 aromatic rings. The summed E-state index contributed by atoms with van der Waals surface area (Å²) in [5.74, 6) is 1.83. The summed E-state index contributed by atoms with van der Waals surface area (Å²) >= 11 is 0. The average Bonchev–Trinajstić information content (AvgIpc) is 2.78. The van der Waals surface area contributed by atoms with E-state index in [2.05, 4.69) is 42.6 Å². The summed E-state index contributed by atoms with van der Waals surface area (Å²) in [6.45, 7) is 5.63. The zero-order valence-corrected chi connectivity index (χ0v) is 18.8. The van der Waals surface area contributed by atoms with Crippen LogP contribution >= 0.6 is 0 Å². The Morgan fingerprint density at radius 1 is 1.07 bits per heavy atom. The van der Waals surface area contributed by atoms with Crippen LogP contribution in [-0.4, -0.2) is 31.3 Å². The standard InChI is InChI=1S/C26H39NO3/c1-3-20-9-13-24(14-10-20)30-25-15-11-21(12-16-25)22-17-18-27-23(19-22)7-5-6-8-26(28)29-4-2/h11-12,15-16,19-20,23-24,27H,3-10,13-14,17-18H2,1-2H3. The van der Waals surface area contributed by atoms with Gasteiger partial charge in [0.1, 0.15) is 5.75 Å². The van der Waals surface area contributed by atoms with Crippen molar-refractivity contribution in [3.05, 3.63) is 35.9 Å². The second-order valence-corrected chi connectivity index (χ2v) is 8.75. The Morgan fingerprint density at radius 3 is 2.53 bits per heavy atom. The quantitative estimate of drug-likeness (QED) is 0.383. The van der Waals surface area contributed by atoms with Crippen LogP contribution in [0.2, 0.25) is 0 Å². The van der Waals surface area contributed by atoms with E-state index < -0.39 is 0 Å². The molecule has 1 aromatic carbocycles. The van der Waals surface area contributed by atoms with Gasteiger partial charge in [-0.15, -0.1) is 0 Å². The third kappa shape index (κ3) is 7.16. The molecule has 0 radical (unpaired) electrons. The topological polar surface area (TPSA) is 47.6 Å². The van der Waals surface area contributed by atoms with Crippen molar-refractivity contribution in [2.24, 2.45) is 5.92 Å². The molecule has 1 atom stereocenters. The van der Waals surface area contributed by atoms with E-state index in [9.17, 15) is 4.79 Å². The molecular weight excluding hydrogens is 374 g/mol. The van der Waals surface area contributed by atoms with Crippen LogP contribution < -0.4 is 10.1 Å². The first-order valence-corrected chi connectivity index (χ1v) is 12.0. The molecule has 0 spiro atoms. The van der Waals surface area contributed by atoms with E-state index in [1.54, 1.807) is 0 Å². The van der Waals surface area contributed by atoms with Crippen molar-refractivity contribution in [1.29, 1.82) is 0 Å². The normalized spacial score (nSPS) is 24.2. The van der Waals surface area contributed by atoms with Crippen LogP contribution in [0.15, 0.2) is 30.3 Å². The molecule has 3 rings (SSSR count). The number of hydrogen-bond acceptors (Lipinski definition) is 4. The minimum atomic E-state index is -0.0777. The molecule has 0 amide bonds. The van der Waals surface area contributed by atoms with Gasteiger partial charge in [0.25, 0.3) is 0 Å². The van der Waals surface area contributed by atoms with E-state index in [-0.39, 0.29) is 5.97 Å². The summed E-state index contributed by atoms with van der Waals surface area (Å²) in [4.78, 5) is 11.5. The van der Waals surface area contributed by atoms with Gasteiger partial charge in [-0.2, -0.15) is 0 Å². The first-order valence-electron chi connectivity index (χ1n) is 12.0. The largest absolute Gasteiger partial charge is 0.490 e. The summed E-state index contributed by atoms with van der Waals surface area (Å²) in [5.41, 5.74) is 2.72. The SMILES string of the molecule is CCOC(=O)CCCCC1C=C(c2ccc(OC3CCC(CC)CC3)cc2)CCN1. The number of unbranched alkanes of at least 4 members (excludes halogenated alkanes) is 1. The van der Waals surface area contributed by atoms with Gasteiger partial charge >= 0.3 is 5.97 Å². The minimum absolute atomic E-state index is 0.0777. The lowest BCUT2D eigenvalue weighted by atomic mass is 9.86. The predicted octanol–water partition coefficient (Wildman–Crippen LogP) is 5.90. The van der Waals surface area contributed by atoms with Crippen molar-refractivity contribution in [1.82, 2.24) is 5.32 Å². The summed E-state index contributed by atoms with van der Waals surface area (Å²) in [7, 11) is 0. The van der Waals surface area contributed by atoms with E-state index in [1.165, 1.54) is 43.2 Å². The van der Waals surface area contributed by atoms with Gasteiger partial charge in [-0.3, -0.25) is 4.79 Å². The molecular formula is C26H39NO3. The fourth-order valence-corrected chi connectivity index (χ4v) is 4.67. The van der Waals surface area contributed by atoms with Crippen molar-refractivity contribution in [3.63, 3.8) is 0 Å². The van der Waals surface area contributed by atoms with Gasteiger partial charge in [0, 0.05) is 12.5 Å². The molecule has 1 fully saturated rings. The predicted molar refractivity (Wildman–Crippen MR) is 123 cm³/mol. The summed E-state index contributed by atoms with van der Waals surface area (Å²) in [5, 5.41) is 3.59. The highest BCUT2D eigenvalue weighted by Gasteiger charge is 2.21. The van der Waals surface area contributed by atoms with Crippen molar-refractivity contribution in [2.45, 2.75) is 90.2 Å². The van der Waals surface area contributed by atoms with Gasteiger partial charge in [-0.25, -0.2) is 0 Å². The third-order valence-corrected chi connectivity index (χ3v) is 6.55. The van der Waals surface area contributed by atoms with E-state index in [0.29, 0.717) is 25.2 Å². The highest BCUT2D eigenvalue weighted by molar-refractivity contribution is 5.69. The maximum absolute atomic E-state index is 11.5. The Kier molecular flexibility index (Phi) is 9.26. The molecule has 1 aliphatic carbocycles. The minimum Gasteiger partial charge on any atom is -0.490 e. The molecule has 1 saturated carbocycles. The Hall–Kier alpha value is -1.81. The number of hydrogen-bond donors (Lipinski definition) is 1. The second-order valence-electron chi connectivity index (χ2n) is 8.75. The molecule has 4 nitrogen and oxygen atoms in total. The van der Waals surface area contributed by atoms with Gasteiger partial charge in [-0.05, 0) is 87.6 Å². The Morgan fingerprint density at radius 2 is 1.83 bits per heavy atom. The summed E-state index contributed by atoms with van der Waals surface area (Å²) in [6.07, 6.45) is 13.6. The lowest BCUT2D eigenvalue weighted by Gasteiger charge is -2.28. The van der Waals surface area contributed by atoms with Gasteiger partial charge in [0.2, 0.25) is 0 Å². The molecule has 0 aromatic heterocycles. The highest BCUT2D eigenvalue weighted by Crippen LogP contribution is 2.30. The lowest BCUT2D eigenvalue weighted by Crippen LogP contribution is -2.32. The zero-order chi connectivity index (χ0) is 21.2. The molecule has 1 unspecified atom stereocenters. The number of nitrogens with one attached hydrogen (secondary N) is 1. The molecule has 4 heteroatoms. The number of rotatable bonds is 10. The Bertz CT molecular complexity index is 674. The van der Waals surface area contributed by atoms with Crippen LogP contribution in [0.1, 0.15) is 83.6 Å². The number of ether oxygens (including phenoxy) is 2. The molecule has 0 saturated heterocycles. The van der Waals surface area contributed by atoms with Crippen molar-refractivity contribution in [3.8, 4) is 5.75 Å². The van der Waals surface area contributed by atoms with Gasteiger partial charge in [-0.1, -0.05) is 38.0 Å². The van der Waals surface area contributed by atoms with Crippen molar-refractivity contribution in [2.75, 3.05) is 13.2 Å². The van der Waals surface area contributed by atoms with Gasteiger partial charge in [0.15, 0.2) is 0 Å². The fourth-order valence-electron chi connectivity index (χ4n) is 4.67. The molecule has 30 heavy (non-hydrogen) atoms. The van der Waals surface area contributed by atoms with Crippen LogP contribution in [0.5, 0.6) is 5.75 Å². The molecule has 1 heterocycles. The molecule has 1 N–H and O–H groups in total. The second kappa shape index (κ2) is 12.1. The van der Waals surface area contributed by atoms with Crippen LogP contribution in [0.3, 0.4) is 0 Å². The van der Waals surface area contributed by atoms with Gasteiger partial charge < -0.3 is 14.8 Å². The third-order valence-electron chi connectivity index (χ3n) is 6.55. The van der Waals surface area contributed by atoms with E-state index in [0.717, 1.165) is 43.9 Å². The average molecular weight is 414 g/mol. The first-order chi connectivity index (χ1) is 14.7. The summed E-state index contributed by atoms with van der Waals surface area (Å²) in [6, 6.07) is 9.08. The maximum Gasteiger partial charge on any atom is 0.305 e. The number of carbonyl (C=O) groups excluding carboxylic acids is 1. The van der Waals surface area contributed by atoms with Crippen LogP contribution in [-0.2, 0) is 9.53 Å². The number of esters is 1. The Labute approximate surface area is 182 Å². The van der Waals surface area contributed by atoms with Gasteiger partial charge in [0.05, 0.1) is 12.7 Å². The number of benzene rings is 1. The molecule has 166 valence electrons. The van der Waals surface area contributed by atoms with E-state index in [1.807, 2.05) is 6.92 Å².